The lowest BCUT2D eigenvalue weighted by Crippen LogP contribution is -2.23. The highest BCUT2D eigenvalue weighted by Crippen LogP contribution is 2.20. The fourth-order valence-electron chi connectivity index (χ4n) is 1.71. The van der Waals surface area contributed by atoms with Crippen LogP contribution in [0.4, 0.5) is 0 Å². The Bertz CT molecular complexity index is 205. The smallest absolute Gasteiger partial charge is 0.133 e. The van der Waals surface area contributed by atoms with Gasteiger partial charge in [-0.2, -0.15) is 0 Å². The van der Waals surface area contributed by atoms with Gasteiger partial charge >= 0.3 is 0 Å². The lowest BCUT2D eigenvalue weighted by atomic mass is 9.95. The highest BCUT2D eigenvalue weighted by molar-refractivity contribution is 5.78. The van der Waals surface area contributed by atoms with Crippen LogP contribution >= 0.6 is 0 Å². The topological polar surface area (TPSA) is 35.5 Å². The number of methoxy groups -OCH3 is 1. The molecular weight excluding hydrogens is 192 g/mol. The Morgan fingerprint density at radius 3 is 2.80 bits per heavy atom. The molecule has 1 heterocycles. The molecule has 0 spiro atoms. The Labute approximate surface area is 92.1 Å². The second-order valence-corrected chi connectivity index (χ2v) is 4.94. The molecule has 1 saturated heterocycles. The number of ketones is 1. The Hall–Kier alpha value is -0.410. The van der Waals surface area contributed by atoms with Crippen LogP contribution < -0.4 is 0 Å². The molecule has 1 fully saturated rings. The molecule has 0 aromatic heterocycles. The van der Waals surface area contributed by atoms with Crippen LogP contribution in [0.3, 0.4) is 0 Å². The molecule has 0 amide bonds. The first-order valence-electron chi connectivity index (χ1n) is 5.68. The van der Waals surface area contributed by atoms with Crippen molar-refractivity contribution in [3.63, 3.8) is 0 Å². The summed E-state index contributed by atoms with van der Waals surface area (Å²) in [4.78, 5) is 11.7. The van der Waals surface area contributed by atoms with Crippen molar-refractivity contribution in [1.82, 2.24) is 0 Å². The maximum atomic E-state index is 11.7. The van der Waals surface area contributed by atoms with Crippen LogP contribution in [0.2, 0.25) is 0 Å². The van der Waals surface area contributed by atoms with E-state index in [4.69, 9.17) is 9.47 Å². The van der Waals surface area contributed by atoms with Gasteiger partial charge in [0.2, 0.25) is 0 Å². The quantitative estimate of drug-likeness (QED) is 0.680. The van der Waals surface area contributed by atoms with Gasteiger partial charge in [-0.15, -0.1) is 0 Å². The fourth-order valence-corrected chi connectivity index (χ4v) is 1.71. The van der Waals surface area contributed by atoms with E-state index in [9.17, 15) is 4.79 Å². The van der Waals surface area contributed by atoms with Crippen molar-refractivity contribution in [3.05, 3.63) is 0 Å². The molecule has 0 aromatic carbocycles. The molecule has 0 saturated carbocycles. The fraction of sp³-hybridized carbons (Fsp3) is 0.917. The number of carbonyl (C=O) groups is 1. The zero-order chi connectivity index (χ0) is 11.3. The lowest BCUT2D eigenvalue weighted by Gasteiger charge is -2.22. The standard InChI is InChI=1S/C12H22O3/c1-12(2,14-3)6-4-11(13)8-10-5-7-15-9-10/h10H,4-9H2,1-3H3. The number of rotatable bonds is 6. The molecule has 1 atom stereocenters. The summed E-state index contributed by atoms with van der Waals surface area (Å²) >= 11 is 0. The van der Waals surface area contributed by atoms with Gasteiger partial charge in [-0.3, -0.25) is 4.79 Å². The molecule has 0 aliphatic carbocycles. The molecular formula is C12H22O3. The van der Waals surface area contributed by atoms with E-state index in [1.807, 2.05) is 13.8 Å². The summed E-state index contributed by atoms with van der Waals surface area (Å²) in [6.07, 6.45) is 3.15. The Morgan fingerprint density at radius 2 is 2.27 bits per heavy atom. The summed E-state index contributed by atoms with van der Waals surface area (Å²) in [6, 6.07) is 0. The SMILES string of the molecule is COC(C)(C)CCC(=O)CC1CCOC1. The third-order valence-corrected chi connectivity index (χ3v) is 3.10. The average molecular weight is 214 g/mol. The summed E-state index contributed by atoms with van der Waals surface area (Å²) < 4.78 is 10.5. The molecule has 1 aliphatic heterocycles. The predicted octanol–water partition coefficient (Wildman–Crippen LogP) is 2.19. The van der Waals surface area contributed by atoms with Crippen molar-refractivity contribution in [3.8, 4) is 0 Å². The third kappa shape index (κ3) is 4.76. The van der Waals surface area contributed by atoms with E-state index in [1.54, 1.807) is 7.11 Å². The Balaban J connectivity index is 2.18. The van der Waals surface area contributed by atoms with Crippen LogP contribution in [0.25, 0.3) is 0 Å². The second-order valence-electron chi connectivity index (χ2n) is 4.94. The molecule has 15 heavy (non-hydrogen) atoms. The monoisotopic (exact) mass is 214 g/mol. The first-order chi connectivity index (χ1) is 7.03. The van der Waals surface area contributed by atoms with Crippen molar-refractivity contribution in [2.24, 2.45) is 5.92 Å². The van der Waals surface area contributed by atoms with Crippen molar-refractivity contribution >= 4 is 5.78 Å². The van der Waals surface area contributed by atoms with Crippen LogP contribution in [-0.4, -0.2) is 31.7 Å². The molecule has 0 aromatic rings. The highest BCUT2D eigenvalue weighted by Gasteiger charge is 2.22. The normalized spacial score (nSPS) is 21.9. The van der Waals surface area contributed by atoms with Gasteiger partial charge in [-0.25, -0.2) is 0 Å². The van der Waals surface area contributed by atoms with E-state index in [2.05, 4.69) is 0 Å². The number of hydrogen-bond acceptors (Lipinski definition) is 3. The maximum absolute atomic E-state index is 11.7. The Kier molecular flexibility index (Phi) is 4.74. The minimum absolute atomic E-state index is 0.179. The molecule has 1 rings (SSSR count). The van der Waals surface area contributed by atoms with Gasteiger partial charge in [0, 0.05) is 33.2 Å². The van der Waals surface area contributed by atoms with Crippen LogP contribution in [-0.2, 0) is 14.3 Å². The van der Waals surface area contributed by atoms with Crippen molar-refractivity contribution < 1.29 is 14.3 Å². The zero-order valence-corrected chi connectivity index (χ0v) is 10.0. The summed E-state index contributed by atoms with van der Waals surface area (Å²) in [5.41, 5.74) is -0.179. The summed E-state index contributed by atoms with van der Waals surface area (Å²) in [7, 11) is 1.69. The van der Waals surface area contributed by atoms with Crippen LogP contribution in [0, 0.1) is 5.92 Å². The predicted molar refractivity (Wildman–Crippen MR) is 58.9 cm³/mol. The van der Waals surface area contributed by atoms with Gasteiger partial charge in [0.1, 0.15) is 5.78 Å². The minimum atomic E-state index is -0.179. The first kappa shape index (κ1) is 12.7. The van der Waals surface area contributed by atoms with E-state index >= 15 is 0 Å². The van der Waals surface area contributed by atoms with Crippen LogP contribution in [0.1, 0.15) is 39.5 Å². The van der Waals surface area contributed by atoms with Gasteiger partial charge in [0.15, 0.2) is 0 Å². The van der Waals surface area contributed by atoms with Crippen molar-refractivity contribution in [1.29, 1.82) is 0 Å². The number of Topliss-reactive ketones (excluding diaryl/α,β-unsaturated/α-hetero) is 1. The minimum Gasteiger partial charge on any atom is -0.381 e. The van der Waals surface area contributed by atoms with E-state index in [0.29, 0.717) is 24.5 Å². The largest absolute Gasteiger partial charge is 0.381 e. The van der Waals surface area contributed by atoms with Crippen molar-refractivity contribution in [2.45, 2.75) is 45.1 Å². The first-order valence-corrected chi connectivity index (χ1v) is 5.68. The van der Waals surface area contributed by atoms with E-state index in [0.717, 1.165) is 26.1 Å². The molecule has 0 bridgehead atoms. The van der Waals surface area contributed by atoms with E-state index < -0.39 is 0 Å². The summed E-state index contributed by atoms with van der Waals surface area (Å²) in [5.74, 6) is 0.804. The average Bonchev–Trinajstić information content (AvgIpc) is 2.68. The van der Waals surface area contributed by atoms with E-state index in [1.165, 1.54) is 0 Å². The number of carbonyl (C=O) groups excluding carboxylic acids is 1. The molecule has 88 valence electrons. The molecule has 3 nitrogen and oxygen atoms in total. The van der Waals surface area contributed by atoms with Crippen molar-refractivity contribution in [2.75, 3.05) is 20.3 Å². The van der Waals surface area contributed by atoms with Gasteiger partial charge in [-0.05, 0) is 32.6 Å². The molecule has 0 radical (unpaired) electrons. The summed E-state index contributed by atoms with van der Waals surface area (Å²) in [5, 5.41) is 0. The molecule has 1 aliphatic rings. The van der Waals surface area contributed by atoms with Gasteiger partial charge in [0.25, 0.3) is 0 Å². The van der Waals surface area contributed by atoms with Crippen LogP contribution in [0.15, 0.2) is 0 Å². The van der Waals surface area contributed by atoms with E-state index in [-0.39, 0.29) is 5.60 Å². The van der Waals surface area contributed by atoms with Gasteiger partial charge in [0.05, 0.1) is 5.60 Å². The molecule has 0 N–H and O–H groups in total. The van der Waals surface area contributed by atoms with Gasteiger partial charge in [-0.1, -0.05) is 0 Å². The zero-order valence-electron chi connectivity index (χ0n) is 10.0. The lowest BCUT2D eigenvalue weighted by molar-refractivity contribution is -0.121. The molecule has 3 heteroatoms. The molecule has 1 unspecified atom stereocenters. The van der Waals surface area contributed by atoms with Crippen LogP contribution in [0.5, 0.6) is 0 Å². The van der Waals surface area contributed by atoms with Gasteiger partial charge < -0.3 is 9.47 Å². The number of ether oxygens (including phenoxy) is 2. The second kappa shape index (κ2) is 5.61. The highest BCUT2D eigenvalue weighted by atomic mass is 16.5. The number of hydrogen-bond donors (Lipinski definition) is 0. The third-order valence-electron chi connectivity index (χ3n) is 3.10. The summed E-state index contributed by atoms with van der Waals surface area (Å²) in [6.45, 7) is 5.61. The maximum Gasteiger partial charge on any atom is 0.133 e. The Morgan fingerprint density at radius 1 is 1.53 bits per heavy atom.